The van der Waals surface area contributed by atoms with Crippen LogP contribution in [-0.2, 0) is 16.1 Å². The number of nitrogens with zero attached hydrogens (tertiary/aromatic N) is 3. The van der Waals surface area contributed by atoms with Gasteiger partial charge in [-0.2, -0.15) is 10.2 Å². The third kappa shape index (κ3) is 3.81. The van der Waals surface area contributed by atoms with Gasteiger partial charge >= 0.3 is 0 Å². The summed E-state index contributed by atoms with van der Waals surface area (Å²) in [6.07, 6.45) is 5.58. The summed E-state index contributed by atoms with van der Waals surface area (Å²) in [5.41, 5.74) is 4.41. The molecule has 0 fully saturated rings. The predicted octanol–water partition coefficient (Wildman–Crippen LogP) is 2.11. The van der Waals surface area contributed by atoms with E-state index in [4.69, 9.17) is 5.11 Å². The maximum absolute atomic E-state index is 12.5. The first-order valence-electron chi connectivity index (χ1n) is 9.24. The van der Waals surface area contributed by atoms with Gasteiger partial charge in [-0.15, -0.1) is 0 Å². The van der Waals surface area contributed by atoms with Gasteiger partial charge in [0.1, 0.15) is 0 Å². The van der Waals surface area contributed by atoms with Crippen LogP contribution in [-0.4, -0.2) is 43.5 Å². The molecule has 0 unspecified atom stereocenters. The van der Waals surface area contributed by atoms with Gasteiger partial charge in [0.2, 0.25) is 5.91 Å². The van der Waals surface area contributed by atoms with Crippen molar-refractivity contribution >= 4 is 35.0 Å². The number of aromatic amines is 1. The zero-order valence-electron chi connectivity index (χ0n) is 15.8. The van der Waals surface area contributed by atoms with Crippen LogP contribution < -0.4 is 10.6 Å². The number of rotatable bonds is 6. The molecule has 2 aromatic heterocycles. The van der Waals surface area contributed by atoms with E-state index in [2.05, 4.69) is 25.9 Å². The lowest BCUT2D eigenvalue weighted by atomic mass is 10.0. The van der Waals surface area contributed by atoms with Crippen LogP contribution >= 0.6 is 0 Å². The maximum Gasteiger partial charge on any atom is 0.256 e. The Kier molecular flexibility index (Phi) is 4.96. The van der Waals surface area contributed by atoms with Crippen molar-refractivity contribution < 1.29 is 14.7 Å². The number of amides is 2. The average molecular weight is 392 g/mol. The first-order valence-corrected chi connectivity index (χ1v) is 9.24. The largest absolute Gasteiger partial charge is 0.394 e. The molecule has 148 valence electrons. The summed E-state index contributed by atoms with van der Waals surface area (Å²) in [4.78, 5) is 24.0. The number of aliphatic hydroxyl groups excluding tert-OH is 1. The molecule has 0 aliphatic carbocycles. The highest BCUT2D eigenvalue weighted by Gasteiger charge is 2.25. The average Bonchev–Trinajstić information content (AvgIpc) is 3.42. The Morgan fingerprint density at radius 3 is 3.00 bits per heavy atom. The Morgan fingerprint density at radius 2 is 2.21 bits per heavy atom. The number of aromatic nitrogens is 4. The van der Waals surface area contributed by atoms with Crippen molar-refractivity contribution in [2.45, 2.75) is 19.9 Å². The molecule has 0 spiro atoms. The Bertz CT molecular complexity index is 1110. The van der Waals surface area contributed by atoms with Gasteiger partial charge in [-0.3, -0.25) is 19.4 Å². The normalized spacial score (nSPS) is 14.1. The van der Waals surface area contributed by atoms with Gasteiger partial charge in [-0.05, 0) is 12.1 Å². The monoisotopic (exact) mass is 392 g/mol. The molecule has 1 aromatic carbocycles. The zero-order valence-corrected chi connectivity index (χ0v) is 15.8. The lowest BCUT2D eigenvalue weighted by Gasteiger charge is -2.02. The minimum Gasteiger partial charge on any atom is -0.394 e. The summed E-state index contributed by atoms with van der Waals surface area (Å²) < 4.78 is 1.62. The van der Waals surface area contributed by atoms with Crippen LogP contribution in [0, 0.1) is 0 Å². The third-order valence-electron chi connectivity index (χ3n) is 4.57. The molecule has 9 heteroatoms. The van der Waals surface area contributed by atoms with Gasteiger partial charge in [0, 0.05) is 46.6 Å². The fourth-order valence-electron chi connectivity index (χ4n) is 3.12. The van der Waals surface area contributed by atoms with Gasteiger partial charge in [-0.25, -0.2) is 0 Å². The van der Waals surface area contributed by atoms with Crippen LogP contribution in [0.25, 0.3) is 22.9 Å². The summed E-state index contributed by atoms with van der Waals surface area (Å²) in [5, 5.41) is 25.7. The van der Waals surface area contributed by atoms with E-state index >= 15 is 0 Å². The van der Waals surface area contributed by atoms with Crippen molar-refractivity contribution in [1.82, 2.24) is 20.0 Å². The summed E-state index contributed by atoms with van der Waals surface area (Å²) in [5.74, 6) is 0.158. The second kappa shape index (κ2) is 7.72. The molecular formula is C20H20N6O3. The second-order valence-corrected chi connectivity index (χ2v) is 6.60. The number of anilines is 2. The highest BCUT2D eigenvalue weighted by Crippen LogP contribution is 2.36. The highest BCUT2D eigenvalue weighted by atomic mass is 16.3. The van der Waals surface area contributed by atoms with Crippen LogP contribution in [0.1, 0.15) is 24.5 Å². The van der Waals surface area contributed by atoms with Crippen molar-refractivity contribution in [3.8, 4) is 11.3 Å². The number of aliphatic hydroxyl groups is 1. The Labute approximate surface area is 166 Å². The third-order valence-corrected chi connectivity index (χ3v) is 4.57. The lowest BCUT2D eigenvalue weighted by molar-refractivity contribution is -0.116. The van der Waals surface area contributed by atoms with Crippen molar-refractivity contribution in [2.24, 2.45) is 0 Å². The van der Waals surface area contributed by atoms with Crippen molar-refractivity contribution in [2.75, 3.05) is 17.2 Å². The molecule has 2 amide bonds. The molecular weight excluding hydrogens is 372 g/mol. The van der Waals surface area contributed by atoms with Gasteiger partial charge < -0.3 is 15.7 Å². The highest BCUT2D eigenvalue weighted by molar-refractivity contribution is 6.35. The molecule has 29 heavy (non-hydrogen) atoms. The van der Waals surface area contributed by atoms with Crippen LogP contribution in [0.15, 0.2) is 36.7 Å². The van der Waals surface area contributed by atoms with E-state index in [1.165, 1.54) is 0 Å². The molecule has 0 saturated heterocycles. The van der Waals surface area contributed by atoms with E-state index in [9.17, 15) is 9.59 Å². The van der Waals surface area contributed by atoms with Gasteiger partial charge in [-0.1, -0.05) is 19.1 Å². The first kappa shape index (κ1) is 18.6. The van der Waals surface area contributed by atoms with Crippen molar-refractivity contribution in [3.63, 3.8) is 0 Å². The van der Waals surface area contributed by atoms with Crippen molar-refractivity contribution in [1.29, 1.82) is 0 Å². The topological polar surface area (TPSA) is 125 Å². The van der Waals surface area contributed by atoms with Gasteiger partial charge in [0.15, 0.2) is 5.82 Å². The van der Waals surface area contributed by atoms with Crippen LogP contribution in [0.3, 0.4) is 0 Å². The smallest absolute Gasteiger partial charge is 0.256 e. The second-order valence-electron chi connectivity index (χ2n) is 6.60. The number of H-pyrrole nitrogens is 1. The van der Waals surface area contributed by atoms with E-state index in [0.29, 0.717) is 30.0 Å². The number of carbonyl (C=O) groups is 2. The molecule has 0 bridgehead atoms. The number of nitrogens with one attached hydrogen (secondary N) is 3. The summed E-state index contributed by atoms with van der Waals surface area (Å²) in [7, 11) is 0. The van der Waals surface area contributed by atoms with Crippen LogP contribution in [0.2, 0.25) is 0 Å². The number of carbonyl (C=O) groups excluding carboxylic acids is 2. The fraction of sp³-hybridized carbons (Fsp3) is 0.200. The molecule has 1 aliphatic rings. The van der Waals surface area contributed by atoms with Gasteiger partial charge in [0.25, 0.3) is 5.91 Å². The Morgan fingerprint density at radius 1 is 1.34 bits per heavy atom. The van der Waals surface area contributed by atoms with E-state index in [-0.39, 0.29) is 18.4 Å². The van der Waals surface area contributed by atoms with E-state index in [1.807, 2.05) is 18.2 Å². The van der Waals surface area contributed by atoms with E-state index in [0.717, 1.165) is 22.4 Å². The standard InChI is InChI=1S/C20H20N6O3/c1-2-19(28)23-18-9-16(24-25-18)13-3-4-14-15(20(29)22-17(14)8-13)7-12-10-21-26(11-12)5-6-27/h3-4,7-11,27H,2,5-6H2,1H3,(H,22,29)(H2,23,24,25,28)/b15-7-. The minimum atomic E-state index is -0.187. The van der Waals surface area contributed by atoms with Crippen LogP contribution in [0.5, 0.6) is 0 Å². The van der Waals surface area contributed by atoms with Gasteiger partial charge in [0.05, 0.1) is 25.0 Å². The molecule has 0 saturated carbocycles. The molecule has 0 atom stereocenters. The van der Waals surface area contributed by atoms with E-state index in [1.54, 1.807) is 36.1 Å². The fourth-order valence-corrected chi connectivity index (χ4v) is 3.12. The van der Waals surface area contributed by atoms with Crippen LogP contribution in [0.4, 0.5) is 11.5 Å². The SMILES string of the molecule is CCC(=O)Nc1cc(-c2ccc3c(c2)NC(=O)/C3=C\c2cnn(CCO)c2)[nH]n1. The number of fused-ring (bicyclic) bond motifs is 1. The minimum absolute atomic E-state index is 0.00122. The number of hydrogen-bond acceptors (Lipinski definition) is 5. The summed E-state index contributed by atoms with van der Waals surface area (Å²) in [6, 6.07) is 7.37. The Balaban J connectivity index is 1.60. The van der Waals surface area contributed by atoms with E-state index < -0.39 is 0 Å². The number of hydrogen-bond donors (Lipinski definition) is 4. The quantitative estimate of drug-likeness (QED) is 0.478. The number of benzene rings is 1. The first-order chi connectivity index (χ1) is 14.1. The predicted molar refractivity (Wildman–Crippen MR) is 109 cm³/mol. The molecule has 0 radical (unpaired) electrons. The molecule has 4 N–H and O–H groups in total. The van der Waals surface area contributed by atoms with Crippen molar-refractivity contribution in [3.05, 3.63) is 47.8 Å². The molecule has 3 aromatic rings. The zero-order chi connectivity index (χ0) is 20.4. The molecule has 3 heterocycles. The Hall–Kier alpha value is -3.72. The molecule has 1 aliphatic heterocycles. The maximum atomic E-state index is 12.5. The summed E-state index contributed by atoms with van der Waals surface area (Å²) in [6.45, 7) is 2.18. The molecule has 9 nitrogen and oxygen atoms in total. The molecule has 4 rings (SSSR count). The lowest BCUT2D eigenvalue weighted by Crippen LogP contribution is -2.09. The summed E-state index contributed by atoms with van der Waals surface area (Å²) >= 11 is 0.